The van der Waals surface area contributed by atoms with Crippen LogP contribution in [0.5, 0.6) is 0 Å². The predicted molar refractivity (Wildman–Crippen MR) is 38.1 cm³/mol. The minimum absolute atomic E-state index is 0. The zero-order chi connectivity index (χ0) is 2.71. The molecule has 2 heteroatoms. The van der Waals surface area contributed by atoms with Crippen molar-refractivity contribution in [1.82, 2.24) is 0 Å². The molecule has 0 heterocycles. The summed E-state index contributed by atoms with van der Waals surface area (Å²) in [7, 11) is 0. The van der Waals surface area contributed by atoms with Gasteiger partial charge in [0, 0.05) is 0 Å². The second-order valence-electron chi connectivity index (χ2n) is 0.577. The number of hydrogen-bond acceptors (Lipinski definition) is 0. The fraction of sp³-hybridized carbons (Fsp3) is 0.500. The van der Waals surface area contributed by atoms with Gasteiger partial charge in [0.1, 0.15) is 0 Å². The van der Waals surface area contributed by atoms with Gasteiger partial charge in [-0.1, -0.05) is 0 Å². The second kappa shape index (κ2) is 34.1. The van der Waals surface area contributed by atoms with Crippen LogP contribution in [-0.2, 0) is 0 Å². The molecule has 0 nitrogen and oxygen atoms in total. The van der Waals surface area contributed by atoms with Crippen molar-refractivity contribution in [3.63, 3.8) is 0 Å². The molecule has 0 amide bonds. The summed E-state index contributed by atoms with van der Waals surface area (Å²) < 4.78 is 0. The average Bonchev–Trinajstić information content (AvgIpc) is 0.918. The van der Waals surface area contributed by atoms with Crippen LogP contribution in [0.1, 0.15) is 13.8 Å². The summed E-state index contributed by atoms with van der Waals surface area (Å²) in [6, 6.07) is 0. The quantitative estimate of drug-likeness (QED) is 0.378. The zero-order valence-electron chi connectivity index (χ0n) is 4.69. The summed E-state index contributed by atoms with van der Waals surface area (Å²) in [6.45, 7) is 4.00. The van der Waals surface area contributed by atoms with Crippen molar-refractivity contribution in [2.24, 2.45) is 0 Å². The van der Waals surface area contributed by atoms with Crippen molar-refractivity contribution in [2.75, 3.05) is 0 Å². The molecule has 0 N–H and O–H groups in total. The summed E-state index contributed by atoms with van der Waals surface area (Å²) in [5.41, 5.74) is 0. The molecule has 0 aliphatic heterocycles. The van der Waals surface area contributed by atoms with Crippen LogP contribution in [0, 0.1) is 13.8 Å². The van der Waals surface area contributed by atoms with E-state index in [1.807, 2.05) is 20.3 Å². The molecule has 0 saturated heterocycles. The van der Waals surface area contributed by atoms with E-state index < -0.39 is 0 Å². The standard InChI is InChI=1S/C3H7.CH3.BrH.Mg/c1-3-2;;;/h3H,1-2H3;1H3;1H;/q2*-1;;+2. The van der Waals surface area contributed by atoms with Crippen LogP contribution in [0.25, 0.3) is 0 Å². The Morgan fingerprint density at radius 1 is 1.17 bits per heavy atom. The molecule has 0 aliphatic rings. The molecule has 0 aromatic rings. The molecule has 0 saturated carbocycles. The molecule has 0 spiro atoms. The molecule has 0 aliphatic carbocycles. The first-order valence-corrected chi connectivity index (χ1v) is 1.15. The summed E-state index contributed by atoms with van der Waals surface area (Å²) in [5, 5.41) is 0. The molecular formula is C4H11BrMg. The molecule has 6 heavy (non-hydrogen) atoms. The maximum atomic E-state index is 2.00. The van der Waals surface area contributed by atoms with E-state index in [1.165, 1.54) is 0 Å². The minimum Gasteiger partial charge on any atom is -0.358 e. The maximum Gasteiger partial charge on any atom is 2.00 e. The Labute approximate surface area is 67.6 Å². The first-order valence-electron chi connectivity index (χ1n) is 1.15. The largest absolute Gasteiger partial charge is 2.00 e. The summed E-state index contributed by atoms with van der Waals surface area (Å²) in [4.78, 5) is 0. The van der Waals surface area contributed by atoms with Crippen LogP contribution >= 0.6 is 17.0 Å². The van der Waals surface area contributed by atoms with Gasteiger partial charge in [-0.05, 0) is 0 Å². The Kier molecular flexibility index (Phi) is 152. The minimum atomic E-state index is 0. The normalized spacial score (nSPS) is 3.00. The van der Waals surface area contributed by atoms with E-state index in [1.54, 1.807) is 0 Å². The summed E-state index contributed by atoms with van der Waals surface area (Å²) in [6.07, 6.45) is 2.00. The first kappa shape index (κ1) is 26.8. The van der Waals surface area contributed by atoms with Gasteiger partial charge in [0.05, 0.1) is 0 Å². The van der Waals surface area contributed by atoms with Crippen LogP contribution in [0.2, 0.25) is 0 Å². The van der Waals surface area contributed by atoms with Gasteiger partial charge in [-0.25, -0.2) is 0 Å². The van der Waals surface area contributed by atoms with E-state index in [2.05, 4.69) is 0 Å². The first-order chi connectivity index (χ1) is 1.41. The van der Waals surface area contributed by atoms with Gasteiger partial charge >= 0.3 is 23.1 Å². The SMILES string of the molecule is Br.C[CH-]C.[CH3-].[Mg+2]. The molecule has 0 unspecified atom stereocenters. The molecule has 0 aromatic carbocycles. The van der Waals surface area contributed by atoms with E-state index in [0.717, 1.165) is 0 Å². The van der Waals surface area contributed by atoms with E-state index in [-0.39, 0.29) is 47.5 Å². The third-order valence-electron chi connectivity index (χ3n) is 0. The Morgan fingerprint density at radius 2 is 1.17 bits per heavy atom. The average molecular weight is 163 g/mol. The molecule has 0 rings (SSSR count). The second-order valence-corrected chi connectivity index (χ2v) is 0.577. The van der Waals surface area contributed by atoms with Gasteiger partial charge in [-0.3, -0.25) is 0 Å². The van der Waals surface area contributed by atoms with E-state index in [0.29, 0.717) is 0 Å². The van der Waals surface area contributed by atoms with Crippen LogP contribution in [0.3, 0.4) is 0 Å². The summed E-state index contributed by atoms with van der Waals surface area (Å²) >= 11 is 0. The van der Waals surface area contributed by atoms with Crippen molar-refractivity contribution in [1.29, 1.82) is 0 Å². The van der Waals surface area contributed by atoms with Crippen molar-refractivity contribution < 1.29 is 0 Å². The molecule has 0 fully saturated rings. The van der Waals surface area contributed by atoms with Gasteiger partial charge in [0.2, 0.25) is 0 Å². The number of halogens is 1. The fourth-order valence-corrected chi connectivity index (χ4v) is 0. The van der Waals surface area contributed by atoms with Crippen molar-refractivity contribution in [3.8, 4) is 0 Å². The zero-order valence-corrected chi connectivity index (χ0v) is 7.82. The Hall–Kier alpha value is 1.25. The third-order valence-corrected chi connectivity index (χ3v) is 0. The van der Waals surface area contributed by atoms with Crippen LogP contribution in [0.15, 0.2) is 0 Å². The smallest absolute Gasteiger partial charge is 0.358 e. The monoisotopic (exact) mass is 162 g/mol. The Morgan fingerprint density at radius 3 is 1.17 bits per heavy atom. The molecule has 0 radical (unpaired) electrons. The van der Waals surface area contributed by atoms with E-state index in [4.69, 9.17) is 0 Å². The van der Waals surface area contributed by atoms with Gasteiger partial charge in [0.25, 0.3) is 0 Å². The van der Waals surface area contributed by atoms with Gasteiger partial charge in [0.15, 0.2) is 0 Å². The molecule has 0 aromatic heterocycles. The van der Waals surface area contributed by atoms with E-state index >= 15 is 0 Å². The molecular weight excluding hydrogens is 152 g/mol. The van der Waals surface area contributed by atoms with Crippen molar-refractivity contribution in [3.05, 3.63) is 13.8 Å². The van der Waals surface area contributed by atoms with Crippen LogP contribution in [-0.4, -0.2) is 23.1 Å². The Balaban J connectivity index is -0.00000000667. The molecule has 36 valence electrons. The third kappa shape index (κ3) is 60.9. The fourth-order valence-electron chi connectivity index (χ4n) is 0. The van der Waals surface area contributed by atoms with Crippen molar-refractivity contribution >= 4 is 40.0 Å². The molecule has 0 bridgehead atoms. The van der Waals surface area contributed by atoms with Crippen molar-refractivity contribution in [2.45, 2.75) is 13.8 Å². The summed E-state index contributed by atoms with van der Waals surface area (Å²) in [5.74, 6) is 0. The van der Waals surface area contributed by atoms with Gasteiger partial charge < -0.3 is 13.8 Å². The van der Waals surface area contributed by atoms with Gasteiger partial charge in [-0.2, -0.15) is 13.8 Å². The predicted octanol–water partition coefficient (Wildman–Crippen LogP) is 1.88. The molecule has 0 atom stereocenters. The number of rotatable bonds is 0. The topological polar surface area (TPSA) is 0 Å². The van der Waals surface area contributed by atoms with Crippen LogP contribution < -0.4 is 0 Å². The van der Waals surface area contributed by atoms with Gasteiger partial charge in [-0.15, -0.1) is 17.0 Å². The van der Waals surface area contributed by atoms with Crippen LogP contribution in [0.4, 0.5) is 0 Å². The maximum absolute atomic E-state index is 2.00. The van der Waals surface area contributed by atoms with E-state index in [9.17, 15) is 0 Å². The Bertz CT molecular complexity index is 7.51. The number of hydrogen-bond donors (Lipinski definition) is 0.